The summed E-state index contributed by atoms with van der Waals surface area (Å²) in [6, 6.07) is 8.29. The number of para-hydroxylation sites is 1. The van der Waals surface area contributed by atoms with Gasteiger partial charge in [-0.2, -0.15) is 14.6 Å². The van der Waals surface area contributed by atoms with Crippen molar-refractivity contribution in [3.63, 3.8) is 0 Å². The summed E-state index contributed by atoms with van der Waals surface area (Å²) < 4.78 is 20.6. The third-order valence-electron chi connectivity index (χ3n) is 3.27. The molecule has 1 aromatic carbocycles. The summed E-state index contributed by atoms with van der Waals surface area (Å²) >= 11 is 0. The van der Waals surface area contributed by atoms with E-state index in [-0.39, 0.29) is 11.6 Å². The molecule has 6 nitrogen and oxygen atoms in total. The molecule has 0 N–H and O–H groups in total. The second-order valence-electron chi connectivity index (χ2n) is 4.93. The number of halogens is 1. The Bertz CT molecular complexity index is 788. The average molecular weight is 301 g/mol. The van der Waals surface area contributed by atoms with Crippen LogP contribution in [-0.4, -0.2) is 39.8 Å². The molecular weight excluding hydrogens is 285 g/mol. The van der Waals surface area contributed by atoms with Gasteiger partial charge >= 0.3 is 0 Å². The fraction of sp³-hybridized carbons (Fsp3) is 0.267. The molecule has 0 radical (unpaired) electrons. The van der Waals surface area contributed by atoms with E-state index in [1.54, 1.807) is 22.7 Å². The second kappa shape index (κ2) is 5.97. The van der Waals surface area contributed by atoms with Crippen LogP contribution < -0.4 is 9.64 Å². The number of aromatic nitrogens is 4. The fourth-order valence-electron chi connectivity index (χ4n) is 2.15. The van der Waals surface area contributed by atoms with E-state index in [1.165, 1.54) is 12.4 Å². The minimum absolute atomic E-state index is 0.257. The monoisotopic (exact) mass is 301 g/mol. The Hall–Kier alpha value is -2.70. The zero-order chi connectivity index (χ0) is 15.5. The molecule has 0 aliphatic heterocycles. The van der Waals surface area contributed by atoms with E-state index in [0.717, 1.165) is 11.5 Å². The van der Waals surface area contributed by atoms with Crippen molar-refractivity contribution in [3.05, 3.63) is 48.2 Å². The van der Waals surface area contributed by atoms with Crippen LogP contribution in [0.5, 0.6) is 5.75 Å². The Labute approximate surface area is 127 Å². The van der Waals surface area contributed by atoms with Gasteiger partial charge in [-0.15, -0.1) is 0 Å². The third kappa shape index (κ3) is 2.83. The summed E-state index contributed by atoms with van der Waals surface area (Å²) in [4.78, 5) is 10.4. The Morgan fingerprint density at radius 2 is 2.14 bits per heavy atom. The molecule has 0 aliphatic rings. The molecule has 0 amide bonds. The molecule has 0 unspecified atom stereocenters. The summed E-state index contributed by atoms with van der Waals surface area (Å²) in [6.45, 7) is 2.84. The number of rotatable bonds is 5. The molecule has 2 aromatic heterocycles. The summed E-state index contributed by atoms with van der Waals surface area (Å²) in [6.07, 6.45) is 1.47. The van der Waals surface area contributed by atoms with E-state index in [9.17, 15) is 4.39 Å². The normalized spacial score (nSPS) is 10.9. The molecule has 0 saturated heterocycles. The Balaban J connectivity index is 1.70. The van der Waals surface area contributed by atoms with Gasteiger partial charge in [0, 0.05) is 18.8 Å². The molecule has 3 aromatic rings. The molecule has 2 heterocycles. The van der Waals surface area contributed by atoms with Gasteiger partial charge in [0.15, 0.2) is 11.6 Å². The highest BCUT2D eigenvalue weighted by molar-refractivity contribution is 5.46. The molecule has 0 fully saturated rings. The highest BCUT2D eigenvalue weighted by atomic mass is 19.1. The van der Waals surface area contributed by atoms with Crippen molar-refractivity contribution in [1.82, 2.24) is 19.6 Å². The van der Waals surface area contributed by atoms with Crippen LogP contribution in [0.1, 0.15) is 5.69 Å². The third-order valence-corrected chi connectivity index (χ3v) is 3.27. The lowest BCUT2D eigenvalue weighted by molar-refractivity contribution is 0.308. The van der Waals surface area contributed by atoms with E-state index < -0.39 is 0 Å². The number of fused-ring (bicyclic) bond motifs is 1. The molecule has 114 valence electrons. The number of aryl methyl sites for hydroxylation is 1. The lowest BCUT2D eigenvalue weighted by atomic mass is 10.3. The van der Waals surface area contributed by atoms with Crippen LogP contribution in [0.25, 0.3) is 5.78 Å². The fourth-order valence-corrected chi connectivity index (χ4v) is 2.15. The van der Waals surface area contributed by atoms with Crippen molar-refractivity contribution in [3.8, 4) is 5.75 Å². The molecule has 0 spiro atoms. The number of anilines is 1. The first kappa shape index (κ1) is 14.2. The molecule has 0 atom stereocenters. The molecule has 22 heavy (non-hydrogen) atoms. The van der Waals surface area contributed by atoms with Gasteiger partial charge in [0.05, 0.1) is 6.54 Å². The van der Waals surface area contributed by atoms with Gasteiger partial charge in [0.25, 0.3) is 5.78 Å². The van der Waals surface area contributed by atoms with Gasteiger partial charge in [0.2, 0.25) is 0 Å². The van der Waals surface area contributed by atoms with Gasteiger partial charge < -0.3 is 9.64 Å². The van der Waals surface area contributed by atoms with Crippen LogP contribution >= 0.6 is 0 Å². The smallest absolute Gasteiger partial charge is 0.254 e. The van der Waals surface area contributed by atoms with Crippen molar-refractivity contribution in [1.29, 1.82) is 0 Å². The number of hydrogen-bond donors (Lipinski definition) is 0. The highest BCUT2D eigenvalue weighted by Crippen LogP contribution is 2.17. The molecule has 3 rings (SSSR count). The molecule has 0 aliphatic carbocycles. The highest BCUT2D eigenvalue weighted by Gasteiger charge is 2.10. The van der Waals surface area contributed by atoms with Crippen LogP contribution in [-0.2, 0) is 0 Å². The van der Waals surface area contributed by atoms with Crippen molar-refractivity contribution in [2.75, 3.05) is 25.1 Å². The lowest BCUT2D eigenvalue weighted by Crippen LogP contribution is -2.26. The predicted molar refractivity (Wildman–Crippen MR) is 80.7 cm³/mol. The number of nitrogens with zero attached hydrogens (tertiary/aromatic N) is 5. The summed E-state index contributed by atoms with van der Waals surface area (Å²) in [5, 5.41) is 4.16. The second-order valence-corrected chi connectivity index (χ2v) is 4.93. The first-order valence-corrected chi connectivity index (χ1v) is 6.91. The van der Waals surface area contributed by atoms with Crippen molar-refractivity contribution in [2.45, 2.75) is 6.92 Å². The maximum Gasteiger partial charge on any atom is 0.254 e. The Morgan fingerprint density at radius 1 is 1.32 bits per heavy atom. The predicted octanol–water partition coefficient (Wildman–Crippen LogP) is 2.09. The van der Waals surface area contributed by atoms with Gasteiger partial charge in [-0.25, -0.2) is 9.37 Å². The van der Waals surface area contributed by atoms with Gasteiger partial charge in [0.1, 0.15) is 18.8 Å². The number of hydrogen-bond acceptors (Lipinski definition) is 5. The lowest BCUT2D eigenvalue weighted by Gasteiger charge is -2.20. The topological polar surface area (TPSA) is 55.6 Å². The Kier molecular flexibility index (Phi) is 3.86. The SMILES string of the molecule is Cc1cc(N(C)CCOc2ccccc2F)n2ncnc2n1. The van der Waals surface area contributed by atoms with Crippen molar-refractivity contribution < 1.29 is 9.13 Å². The maximum absolute atomic E-state index is 13.5. The molecule has 0 bridgehead atoms. The Morgan fingerprint density at radius 3 is 2.95 bits per heavy atom. The van der Waals surface area contributed by atoms with Crippen LogP contribution in [0.2, 0.25) is 0 Å². The molecule has 7 heteroatoms. The molecular formula is C15H16FN5O. The summed E-state index contributed by atoms with van der Waals surface area (Å²) in [5.74, 6) is 1.31. The van der Waals surface area contributed by atoms with Crippen molar-refractivity contribution in [2.24, 2.45) is 0 Å². The van der Waals surface area contributed by atoms with E-state index in [2.05, 4.69) is 15.1 Å². The minimum atomic E-state index is -0.358. The zero-order valence-corrected chi connectivity index (χ0v) is 12.4. The van der Waals surface area contributed by atoms with E-state index in [1.807, 2.05) is 24.9 Å². The largest absolute Gasteiger partial charge is 0.489 e. The first-order valence-electron chi connectivity index (χ1n) is 6.91. The first-order chi connectivity index (χ1) is 10.6. The van der Waals surface area contributed by atoms with E-state index >= 15 is 0 Å². The number of benzene rings is 1. The average Bonchev–Trinajstić information content (AvgIpc) is 2.96. The number of likely N-dealkylation sites (N-methyl/N-ethyl adjacent to an activating group) is 1. The van der Waals surface area contributed by atoms with E-state index in [4.69, 9.17) is 4.74 Å². The maximum atomic E-state index is 13.5. The quantitative estimate of drug-likeness (QED) is 0.722. The standard InChI is InChI=1S/C15H16FN5O/c1-11-9-14(21-15(19-11)17-10-18-21)20(2)7-8-22-13-6-4-3-5-12(13)16/h3-6,9-10H,7-8H2,1-2H3. The number of ether oxygens (including phenoxy) is 1. The van der Waals surface area contributed by atoms with Crippen LogP contribution in [0.15, 0.2) is 36.7 Å². The van der Waals surface area contributed by atoms with E-state index in [0.29, 0.717) is 18.9 Å². The van der Waals surface area contributed by atoms with Crippen LogP contribution in [0, 0.1) is 12.7 Å². The van der Waals surface area contributed by atoms with Crippen LogP contribution in [0.4, 0.5) is 10.2 Å². The van der Waals surface area contributed by atoms with Crippen LogP contribution in [0.3, 0.4) is 0 Å². The van der Waals surface area contributed by atoms with Gasteiger partial charge in [-0.05, 0) is 19.1 Å². The minimum Gasteiger partial charge on any atom is -0.489 e. The molecule has 0 saturated carbocycles. The summed E-state index contributed by atoms with van der Waals surface area (Å²) in [5.41, 5.74) is 0.859. The zero-order valence-electron chi connectivity index (χ0n) is 12.4. The summed E-state index contributed by atoms with van der Waals surface area (Å²) in [7, 11) is 1.92. The van der Waals surface area contributed by atoms with Crippen molar-refractivity contribution >= 4 is 11.6 Å². The van der Waals surface area contributed by atoms with Gasteiger partial charge in [-0.3, -0.25) is 0 Å². The van der Waals surface area contributed by atoms with Gasteiger partial charge in [-0.1, -0.05) is 12.1 Å².